The molecular formula is C15H10N4O6. The van der Waals surface area contributed by atoms with Crippen LogP contribution in [0.2, 0.25) is 0 Å². The summed E-state index contributed by atoms with van der Waals surface area (Å²) in [5.74, 6) is -1.74. The molecule has 0 aliphatic rings. The number of rotatable bonds is 4. The maximum absolute atomic E-state index is 12.0. The molecule has 10 heteroatoms. The van der Waals surface area contributed by atoms with Crippen molar-refractivity contribution in [3.05, 3.63) is 62.8 Å². The molecule has 25 heavy (non-hydrogen) atoms. The van der Waals surface area contributed by atoms with Gasteiger partial charge in [-0.3, -0.25) is 0 Å². The molecule has 0 radical (unpaired) electrons. The van der Waals surface area contributed by atoms with Gasteiger partial charge in [-0.05, 0) is 17.2 Å². The second kappa shape index (κ2) is 6.30. The molecule has 0 atom stereocenters. The van der Waals surface area contributed by atoms with Crippen LogP contribution in [0.5, 0.6) is 11.8 Å². The van der Waals surface area contributed by atoms with Crippen LogP contribution in [0.1, 0.15) is 5.56 Å². The third-order valence-corrected chi connectivity index (χ3v) is 3.30. The second-order valence-corrected chi connectivity index (χ2v) is 4.94. The summed E-state index contributed by atoms with van der Waals surface area (Å²) in [7, 11) is 0. The minimum Gasteiger partial charge on any atom is -0.492 e. The van der Waals surface area contributed by atoms with Crippen molar-refractivity contribution in [3.8, 4) is 11.8 Å². The average Bonchev–Trinajstić information content (AvgIpc) is 2.86. The molecule has 1 aromatic carbocycles. The molecule has 2 aromatic heterocycles. The summed E-state index contributed by atoms with van der Waals surface area (Å²) in [6, 6.07) is 7.83. The van der Waals surface area contributed by atoms with Crippen molar-refractivity contribution in [2.45, 2.75) is 6.42 Å². The minimum absolute atomic E-state index is 0.145. The normalized spacial score (nSPS) is 10.4. The Balaban J connectivity index is 1.94. The Morgan fingerprint density at radius 2 is 1.96 bits per heavy atom. The molecule has 0 spiro atoms. The van der Waals surface area contributed by atoms with Crippen LogP contribution in [-0.2, 0) is 11.2 Å². The third kappa shape index (κ3) is 3.23. The van der Waals surface area contributed by atoms with Gasteiger partial charge in [0.15, 0.2) is 0 Å². The summed E-state index contributed by atoms with van der Waals surface area (Å²) in [5, 5.41) is 22.8. The van der Waals surface area contributed by atoms with Gasteiger partial charge in [0, 0.05) is 34.2 Å². The summed E-state index contributed by atoms with van der Waals surface area (Å²) in [6.07, 6.45) is -0.319. The molecule has 10 nitrogen and oxygen atoms in total. The standard InChI is InChI=1S/C15H10N4O6/c16-18-17-9-1-2-10-8(5-14(22)24-11(10)7-9)6-15(23)25-19-12(20)3-4-13(19)21/h1-5,7,20-21H,6H2. The highest BCUT2D eigenvalue weighted by atomic mass is 16.7. The van der Waals surface area contributed by atoms with E-state index in [-0.39, 0.29) is 17.7 Å². The smallest absolute Gasteiger partial charge is 0.337 e. The van der Waals surface area contributed by atoms with E-state index in [9.17, 15) is 19.8 Å². The number of aromatic nitrogens is 1. The van der Waals surface area contributed by atoms with E-state index in [1.165, 1.54) is 18.2 Å². The Labute approximate surface area is 138 Å². The first-order chi connectivity index (χ1) is 12.0. The van der Waals surface area contributed by atoms with Gasteiger partial charge in [-0.25, -0.2) is 9.59 Å². The first-order valence-electron chi connectivity index (χ1n) is 6.90. The fourth-order valence-electron chi connectivity index (χ4n) is 2.26. The van der Waals surface area contributed by atoms with Gasteiger partial charge in [0.2, 0.25) is 11.8 Å². The van der Waals surface area contributed by atoms with Crippen molar-refractivity contribution < 1.29 is 24.3 Å². The minimum atomic E-state index is -0.826. The average molecular weight is 342 g/mol. The van der Waals surface area contributed by atoms with Gasteiger partial charge in [-0.1, -0.05) is 17.2 Å². The maximum atomic E-state index is 12.0. The lowest BCUT2D eigenvalue weighted by atomic mass is 10.1. The van der Waals surface area contributed by atoms with Gasteiger partial charge >= 0.3 is 11.6 Å². The lowest BCUT2D eigenvalue weighted by Crippen LogP contribution is -2.21. The van der Waals surface area contributed by atoms with Gasteiger partial charge in [0.1, 0.15) is 5.58 Å². The first kappa shape index (κ1) is 16.0. The molecule has 2 heterocycles. The van der Waals surface area contributed by atoms with Crippen molar-refractivity contribution in [2.24, 2.45) is 5.11 Å². The first-order valence-corrected chi connectivity index (χ1v) is 6.90. The van der Waals surface area contributed by atoms with Crippen LogP contribution in [0.15, 0.2) is 50.7 Å². The highest BCUT2D eigenvalue weighted by Gasteiger charge is 2.15. The van der Waals surface area contributed by atoms with Crippen molar-refractivity contribution in [3.63, 3.8) is 0 Å². The molecule has 2 N–H and O–H groups in total. The number of carbonyl (C=O) groups excluding carboxylic acids is 1. The summed E-state index contributed by atoms with van der Waals surface area (Å²) < 4.78 is 5.59. The number of aromatic hydroxyl groups is 2. The highest BCUT2D eigenvalue weighted by Crippen LogP contribution is 2.24. The van der Waals surface area contributed by atoms with Gasteiger partial charge < -0.3 is 19.5 Å². The van der Waals surface area contributed by atoms with Gasteiger partial charge in [0.25, 0.3) is 0 Å². The van der Waals surface area contributed by atoms with Crippen LogP contribution in [0.25, 0.3) is 21.4 Å². The number of carbonyl (C=O) groups is 1. The number of fused-ring (bicyclic) bond motifs is 1. The van der Waals surface area contributed by atoms with Crippen molar-refractivity contribution in [1.29, 1.82) is 0 Å². The summed E-state index contributed by atoms with van der Waals surface area (Å²) >= 11 is 0. The van der Waals surface area contributed by atoms with E-state index in [2.05, 4.69) is 10.0 Å². The van der Waals surface area contributed by atoms with E-state index >= 15 is 0 Å². The van der Waals surface area contributed by atoms with E-state index in [1.807, 2.05) is 0 Å². The predicted octanol–water partition coefficient (Wildman–Crippen LogP) is 2.15. The lowest BCUT2D eigenvalue weighted by molar-refractivity contribution is -0.144. The van der Waals surface area contributed by atoms with E-state index in [0.29, 0.717) is 15.7 Å². The van der Waals surface area contributed by atoms with Crippen LogP contribution in [-0.4, -0.2) is 20.9 Å². The Bertz CT molecular complexity index is 1060. The molecule has 0 bridgehead atoms. The number of nitrogens with zero attached hydrogens (tertiary/aromatic N) is 4. The zero-order chi connectivity index (χ0) is 18.0. The van der Waals surface area contributed by atoms with Crippen LogP contribution in [0, 0.1) is 0 Å². The zero-order valence-corrected chi connectivity index (χ0v) is 12.5. The molecule has 0 aliphatic carbocycles. The van der Waals surface area contributed by atoms with Gasteiger partial charge in [-0.15, -0.1) is 4.73 Å². The predicted molar refractivity (Wildman–Crippen MR) is 84.3 cm³/mol. The lowest BCUT2D eigenvalue weighted by Gasteiger charge is -2.08. The fourth-order valence-corrected chi connectivity index (χ4v) is 2.26. The summed E-state index contributed by atoms with van der Waals surface area (Å²) in [4.78, 5) is 31.2. The Hall–Kier alpha value is -3.91. The van der Waals surface area contributed by atoms with Crippen LogP contribution >= 0.6 is 0 Å². The monoisotopic (exact) mass is 342 g/mol. The Morgan fingerprint density at radius 1 is 1.24 bits per heavy atom. The molecule has 0 amide bonds. The van der Waals surface area contributed by atoms with E-state index < -0.39 is 23.4 Å². The number of benzene rings is 1. The van der Waals surface area contributed by atoms with Crippen LogP contribution < -0.4 is 10.5 Å². The molecular weight excluding hydrogens is 332 g/mol. The van der Waals surface area contributed by atoms with Gasteiger partial charge in [-0.2, -0.15) is 0 Å². The quantitative estimate of drug-likeness (QED) is 0.321. The molecule has 0 aliphatic heterocycles. The largest absolute Gasteiger partial charge is 0.492 e. The highest BCUT2D eigenvalue weighted by molar-refractivity contribution is 5.86. The maximum Gasteiger partial charge on any atom is 0.337 e. The molecule has 3 rings (SSSR count). The van der Waals surface area contributed by atoms with Crippen molar-refractivity contribution in [1.82, 2.24) is 4.73 Å². The van der Waals surface area contributed by atoms with Crippen LogP contribution in [0.4, 0.5) is 5.69 Å². The molecule has 0 saturated heterocycles. The number of hydrogen-bond donors (Lipinski definition) is 2. The Kier molecular flexibility index (Phi) is 4.02. The molecule has 126 valence electrons. The molecule has 0 fully saturated rings. The molecule has 0 saturated carbocycles. The fraction of sp³-hybridized carbons (Fsp3) is 0.0667. The van der Waals surface area contributed by atoms with E-state index in [1.54, 1.807) is 0 Å². The van der Waals surface area contributed by atoms with Crippen LogP contribution in [0.3, 0.4) is 0 Å². The summed E-state index contributed by atoms with van der Waals surface area (Å²) in [6.45, 7) is 0. The number of azide groups is 1. The molecule has 0 unspecified atom stereocenters. The SMILES string of the molecule is [N-]=[N+]=Nc1ccc2c(CC(=O)On3c(O)ccc3O)cc(=O)oc2c1. The number of hydrogen-bond acceptors (Lipinski definition) is 7. The van der Waals surface area contributed by atoms with E-state index in [0.717, 1.165) is 18.2 Å². The molecule has 3 aromatic rings. The van der Waals surface area contributed by atoms with E-state index in [4.69, 9.17) is 14.8 Å². The topological polar surface area (TPSA) is 151 Å². The van der Waals surface area contributed by atoms with Crippen molar-refractivity contribution in [2.75, 3.05) is 0 Å². The second-order valence-electron chi connectivity index (χ2n) is 4.94. The van der Waals surface area contributed by atoms with Gasteiger partial charge in [0.05, 0.1) is 6.42 Å². The van der Waals surface area contributed by atoms with Crippen molar-refractivity contribution >= 4 is 22.6 Å². The summed E-state index contributed by atoms with van der Waals surface area (Å²) in [5.41, 5.74) is 8.46. The third-order valence-electron chi connectivity index (χ3n) is 3.30. The Morgan fingerprint density at radius 3 is 2.64 bits per heavy atom. The zero-order valence-electron chi connectivity index (χ0n) is 12.5.